The number of phenols is 1. The fraction of sp³-hybridized carbons (Fsp3) is 0.222. The predicted molar refractivity (Wildman–Crippen MR) is 46.5 cm³/mol. The van der Waals surface area contributed by atoms with Crippen molar-refractivity contribution in [2.75, 3.05) is 0 Å². The standard InChI is InChI=1S/C8H8O3.CH4/c1-5-2-6(8(10)11)4-7(9)3-5;/h2-4,9H,1H3,(H,10,11);1H4. The van der Waals surface area contributed by atoms with Gasteiger partial charge in [0.05, 0.1) is 5.56 Å². The molecule has 0 heterocycles. The van der Waals surface area contributed by atoms with Crippen LogP contribution in [0, 0.1) is 6.92 Å². The summed E-state index contributed by atoms with van der Waals surface area (Å²) in [7, 11) is 0. The van der Waals surface area contributed by atoms with Gasteiger partial charge in [0.1, 0.15) is 5.75 Å². The lowest BCUT2D eigenvalue weighted by Crippen LogP contribution is -1.95. The summed E-state index contributed by atoms with van der Waals surface area (Å²) in [4.78, 5) is 10.4. The van der Waals surface area contributed by atoms with Gasteiger partial charge in [-0.2, -0.15) is 0 Å². The highest BCUT2D eigenvalue weighted by Gasteiger charge is 2.03. The van der Waals surface area contributed by atoms with Crippen molar-refractivity contribution in [3.63, 3.8) is 0 Å². The Hall–Kier alpha value is -1.51. The topological polar surface area (TPSA) is 57.5 Å². The van der Waals surface area contributed by atoms with Crippen LogP contribution in [0.5, 0.6) is 5.75 Å². The molecule has 3 heteroatoms. The van der Waals surface area contributed by atoms with Gasteiger partial charge in [0.2, 0.25) is 0 Å². The summed E-state index contributed by atoms with van der Waals surface area (Å²) in [5.41, 5.74) is 0.852. The fourth-order valence-corrected chi connectivity index (χ4v) is 0.886. The van der Waals surface area contributed by atoms with E-state index in [9.17, 15) is 4.79 Å². The average molecular weight is 168 g/mol. The van der Waals surface area contributed by atoms with Gasteiger partial charge in [0.25, 0.3) is 0 Å². The number of rotatable bonds is 1. The number of carbonyl (C=O) groups is 1. The number of aromatic carboxylic acids is 1. The third kappa shape index (κ3) is 2.27. The molecule has 0 bridgehead atoms. The van der Waals surface area contributed by atoms with Gasteiger partial charge in [-0.15, -0.1) is 0 Å². The summed E-state index contributed by atoms with van der Waals surface area (Å²) in [6.45, 7) is 1.73. The van der Waals surface area contributed by atoms with Crippen molar-refractivity contribution in [2.24, 2.45) is 0 Å². The van der Waals surface area contributed by atoms with Crippen LogP contribution in [0.25, 0.3) is 0 Å². The summed E-state index contributed by atoms with van der Waals surface area (Å²) >= 11 is 0. The highest BCUT2D eigenvalue weighted by atomic mass is 16.4. The van der Waals surface area contributed by atoms with E-state index in [1.807, 2.05) is 0 Å². The predicted octanol–water partition coefficient (Wildman–Crippen LogP) is 2.03. The maximum Gasteiger partial charge on any atom is 0.335 e. The molecule has 0 saturated carbocycles. The Morgan fingerprint density at radius 1 is 1.33 bits per heavy atom. The van der Waals surface area contributed by atoms with Crippen LogP contribution in [0.1, 0.15) is 23.3 Å². The number of phenolic OH excluding ortho intramolecular Hbond substituents is 1. The minimum absolute atomic E-state index is 0. The first kappa shape index (κ1) is 10.5. The zero-order valence-corrected chi connectivity index (χ0v) is 6.03. The Labute approximate surface area is 71.3 Å². The van der Waals surface area contributed by atoms with Gasteiger partial charge in [-0.3, -0.25) is 0 Å². The van der Waals surface area contributed by atoms with Crippen LogP contribution < -0.4 is 0 Å². The fourth-order valence-electron chi connectivity index (χ4n) is 0.886. The van der Waals surface area contributed by atoms with Crippen LogP contribution in [-0.2, 0) is 0 Å². The Balaban J connectivity index is 0.00000121. The number of aryl methyl sites for hydroxylation is 1. The summed E-state index contributed by atoms with van der Waals surface area (Å²) in [5.74, 6) is -1.04. The van der Waals surface area contributed by atoms with Crippen molar-refractivity contribution >= 4 is 5.97 Å². The van der Waals surface area contributed by atoms with E-state index < -0.39 is 5.97 Å². The first-order chi connectivity index (χ1) is 5.09. The van der Waals surface area contributed by atoms with E-state index in [0.717, 1.165) is 5.56 Å². The number of carboxylic acids is 1. The molecular weight excluding hydrogens is 156 g/mol. The summed E-state index contributed by atoms with van der Waals surface area (Å²) in [5, 5.41) is 17.5. The molecule has 1 aromatic rings. The molecule has 66 valence electrons. The Kier molecular flexibility index (Phi) is 3.29. The lowest BCUT2D eigenvalue weighted by Gasteiger charge is -1.97. The Morgan fingerprint density at radius 2 is 1.92 bits per heavy atom. The van der Waals surface area contributed by atoms with Crippen molar-refractivity contribution < 1.29 is 15.0 Å². The molecule has 2 N–H and O–H groups in total. The van der Waals surface area contributed by atoms with Crippen molar-refractivity contribution in [3.05, 3.63) is 29.3 Å². The molecular formula is C9H12O3. The van der Waals surface area contributed by atoms with Gasteiger partial charge in [0.15, 0.2) is 0 Å². The van der Waals surface area contributed by atoms with Gasteiger partial charge < -0.3 is 10.2 Å². The van der Waals surface area contributed by atoms with Crippen LogP contribution in [0.3, 0.4) is 0 Å². The van der Waals surface area contributed by atoms with Crippen LogP contribution >= 0.6 is 0 Å². The maximum atomic E-state index is 10.4. The molecule has 0 unspecified atom stereocenters. The van der Waals surface area contributed by atoms with E-state index in [1.54, 1.807) is 6.92 Å². The number of benzene rings is 1. The van der Waals surface area contributed by atoms with E-state index >= 15 is 0 Å². The molecule has 0 aromatic heterocycles. The van der Waals surface area contributed by atoms with Gasteiger partial charge >= 0.3 is 5.97 Å². The molecule has 12 heavy (non-hydrogen) atoms. The highest BCUT2D eigenvalue weighted by Crippen LogP contribution is 2.14. The van der Waals surface area contributed by atoms with Crippen molar-refractivity contribution in [1.82, 2.24) is 0 Å². The molecule has 0 fully saturated rings. The Bertz CT molecular complexity index is 272. The molecule has 0 atom stereocenters. The Morgan fingerprint density at radius 3 is 2.33 bits per heavy atom. The normalized spacial score (nSPS) is 8.75. The first-order valence-electron chi connectivity index (χ1n) is 3.13. The number of carboxylic acid groups (broad SMARTS) is 1. The van der Waals surface area contributed by atoms with E-state index in [0.29, 0.717) is 0 Å². The molecule has 0 radical (unpaired) electrons. The lowest BCUT2D eigenvalue weighted by molar-refractivity contribution is 0.0696. The SMILES string of the molecule is C.Cc1cc(O)cc(C(=O)O)c1. The van der Waals surface area contributed by atoms with E-state index in [1.165, 1.54) is 18.2 Å². The van der Waals surface area contributed by atoms with E-state index in [4.69, 9.17) is 10.2 Å². The van der Waals surface area contributed by atoms with Gasteiger partial charge in [0, 0.05) is 0 Å². The molecule has 0 aliphatic rings. The van der Waals surface area contributed by atoms with Gasteiger partial charge in [-0.1, -0.05) is 7.43 Å². The molecule has 1 aromatic carbocycles. The van der Waals surface area contributed by atoms with Crippen LogP contribution in [0.4, 0.5) is 0 Å². The quantitative estimate of drug-likeness (QED) is 0.674. The van der Waals surface area contributed by atoms with Crippen LogP contribution in [0.2, 0.25) is 0 Å². The summed E-state index contributed by atoms with van der Waals surface area (Å²) in [6, 6.07) is 4.23. The number of hydrogen-bond donors (Lipinski definition) is 2. The molecule has 0 aliphatic carbocycles. The third-order valence-corrected chi connectivity index (χ3v) is 1.31. The first-order valence-corrected chi connectivity index (χ1v) is 3.13. The zero-order chi connectivity index (χ0) is 8.43. The second-order valence-corrected chi connectivity index (χ2v) is 2.36. The minimum Gasteiger partial charge on any atom is -0.508 e. The summed E-state index contributed by atoms with van der Waals surface area (Å²) < 4.78 is 0. The second kappa shape index (κ2) is 3.76. The largest absolute Gasteiger partial charge is 0.508 e. The third-order valence-electron chi connectivity index (χ3n) is 1.31. The van der Waals surface area contributed by atoms with Crippen molar-refractivity contribution in [2.45, 2.75) is 14.4 Å². The van der Waals surface area contributed by atoms with Crippen LogP contribution in [-0.4, -0.2) is 16.2 Å². The zero-order valence-electron chi connectivity index (χ0n) is 6.03. The van der Waals surface area contributed by atoms with Crippen LogP contribution in [0.15, 0.2) is 18.2 Å². The molecule has 0 aliphatic heterocycles. The second-order valence-electron chi connectivity index (χ2n) is 2.36. The maximum absolute atomic E-state index is 10.4. The van der Waals surface area contributed by atoms with E-state index in [2.05, 4.69) is 0 Å². The minimum atomic E-state index is -1.02. The average Bonchev–Trinajstić information content (AvgIpc) is 1.85. The summed E-state index contributed by atoms with van der Waals surface area (Å²) in [6.07, 6.45) is 0. The molecule has 0 amide bonds. The number of aromatic hydroxyl groups is 1. The molecule has 0 spiro atoms. The van der Waals surface area contributed by atoms with Gasteiger partial charge in [-0.05, 0) is 30.7 Å². The van der Waals surface area contributed by atoms with E-state index in [-0.39, 0.29) is 18.7 Å². The lowest BCUT2D eigenvalue weighted by atomic mass is 10.1. The van der Waals surface area contributed by atoms with Crippen molar-refractivity contribution in [1.29, 1.82) is 0 Å². The molecule has 3 nitrogen and oxygen atoms in total. The molecule has 1 rings (SSSR count). The number of hydrogen-bond acceptors (Lipinski definition) is 2. The smallest absolute Gasteiger partial charge is 0.335 e. The molecule has 0 saturated heterocycles. The monoisotopic (exact) mass is 168 g/mol. The van der Waals surface area contributed by atoms with Gasteiger partial charge in [-0.25, -0.2) is 4.79 Å². The van der Waals surface area contributed by atoms with Crippen molar-refractivity contribution in [3.8, 4) is 5.75 Å². The highest BCUT2D eigenvalue weighted by molar-refractivity contribution is 5.88.